The standard InChI is InChI=1S/C12H16N2O4/c1-8-3-4-17-11(8)12(16)13-5-9-6-14(2)10(15)7-18-9/h3-4,9H,5-7H2,1-2H3,(H,13,16). The van der Waals surface area contributed by atoms with Crippen LogP contribution >= 0.6 is 0 Å². The highest BCUT2D eigenvalue weighted by Gasteiger charge is 2.24. The van der Waals surface area contributed by atoms with Gasteiger partial charge in [0.1, 0.15) is 6.61 Å². The second-order valence-electron chi connectivity index (χ2n) is 4.35. The van der Waals surface area contributed by atoms with Gasteiger partial charge in [-0.2, -0.15) is 0 Å². The number of nitrogens with one attached hydrogen (secondary N) is 1. The van der Waals surface area contributed by atoms with Crippen molar-refractivity contribution in [1.29, 1.82) is 0 Å². The maximum absolute atomic E-state index is 11.8. The van der Waals surface area contributed by atoms with E-state index in [0.717, 1.165) is 5.56 Å². The van der Waals surface area contributed by atoms with Gasteiger partial charge in [0.05, 0.1) is 12.4 Å². The Hall–Kier alpha value is -1.82. The van der Waals surface area contributed by atoms with Gasteiger partial charge in [0.25, 0.3) is 5.91 Å². The van der Waals surface area contributed by atoms with Crippen LogP contribution in [0.2, 0.25) is 0 Å². The van der Waals surface area contributed by atoms with Crippen LogP contribution in [0.1, 0.15) is 16.1 Å². The average molecular weight is 252 g/mol. The van der Waals surface area contributed by atoms with Crippen molar-refractivity contribution < 1.29 is 18.7 Å². The molecule has 1 aromatic rings. The second-order valence-corrected chi connectivity index (χ2v) is 4.35. The third kappa shape index (κ3) is 2.70. The molecule has 6 nitrogen and oxygen atoms in total. The van der Waals surface area contributed by atoms with Gasteiger partial charge in [-0.3, -0.25) is 9.59 Å². The number of hydrogen-bond donors (Lipinski definition) is 1. The monoisotopic (exact) mass is 252 g/mol. The molecule has 6 heteroatoms. The second kappa shape index (κ2) is 5.22. The number of likely N-dealkylation sites (N-methyl/N-ethyl adjacent to an activating group) is 1. The number of morpholine rings is 1. The third-order valence-corrected chi connectivity index (χ3v) is 2.90. The van der Waals surface area contributed by atoms with Crippen molar-refractivity contribution in [3.63, 3.8) is 0 Å². The van der Waals surface area contributed by atoms with Gasteiger partial charge < -0.3 is 19.4 Å². The van der Waals surface area contributed by atoms with Crippen LogP contribution < -0.4 is 5.32 Å². The minimum atomic E-state index is -0.263. The molecule has 1 saturated heterocycles. The fourth-order valence-corrected chi connectivity index (χ4v) is 1.77. The lowest BCUT2D eigenvalue weighted by atomic mass is 10.2. The van der Waals surface area contributed by atoms with Crippen molar-refractivity contribution in [1.82, 2.24) is 10.2 Å². The van der Waals surface area contributed by atoms with Crippen LogP contribution in [-0.2, 0) is 9.53 Å². The normalized spacial score (nSPS) is 20.0. The zero-order valence-electron chi connectivity index (χ0n) is 10.4. The minimum Gasteiger partial charge on any atom is -0.459 e. The number of ether oxygens (including phenoxy) is 1. The van der Waals surface area contributed by atoms with Crippen LogP contribution in [0.3, 0.4) is 0 Å². The van der Waals surface area contributed by atoms with Crippen molar-refractivity contribution in [2.45, 2.75) is 13.0 Å². The quantitative estimate of drug-likeness (QED) is 0.832. The summed E-state index contributed by atoms with van der Waals surface area (Å²) in [6.07, 6.45) is 1.31. The van der Waals surface area contributed by atoms with Gasteiger partial charge in [-0.05, 0) is 13.0 Å². The Balaban J connectivity index is 1.84. The third-order valence-electron chi connectivity index (χ3n) is 2.90. The molecule has 0 spiro atoms. The van der Waals surface area contributed by atoms with Crippen molar-refractivity contribution in [3.05, 3.63) is 23.7 Å². The molecule has 1 aromatic heterocycles. The van der Waals surface area contributed by atoms with E-state index in [0.29, 0.717) is 18.8 Å². The molecule has 1 aliphatic heterocycles. The zero-order chi connectivity index (χ0) is 13.1. The van der Waals surface area contributed by atoms with Crippen LogP contribution in [0.25, 0.3) is 0 Å². The van der Waals surface area contributed by atoms with Crippen molar-refractivity contribution >= 4 is 11.8 Å². The topological polar surface area (TPSA) is 71.8 Å². The van der Waals surface area contributed by atoms with Crippen molar-refractivity contribution in [2.24, 2.45) is 0 Å². The van der Waals surface area contributed by atoms with Gasteiger partial charge in [0.15, 0.2) is 5.76 Å². The number of rotatable bonds is 3. The van der Waals surface area contributed by atoms with E-state index in [4.69, 9.17) is 9.15 Å². The maximum atomic E-state index is 11.8. The van der Waals surface area contributed by atoms with Gasteiger partial charge in [0.2, 0.25) is 5.91 Å². The Labute approximate surface area is 105 Å². The number of carbonyl (C=O) groups is 2. The number of carbonyl (C=O) groups excluding carboxylic acids is 2. The summed E-state index contributed by atoms with van der Waals surface area (Å²) in [5, 5.41) is 2.74. The van der Waals surface area contributed by atoms with Crippen LogP contribution in [0.4, 0.5) is 0 Å². The first kappa shape index (κ1) is 12.6. The molecular formula is C12H16N2O4. The first-order valence-corrected chi connectivity index (χ1v) is 5.76. The average Bonchev–Trinajstić information content (AvgIpc) is 2.77. The number of furan rings is 1. The molecule has 2 heterocycles. The van der Waals surface area contributed by atoms with E-state index >= 15 is 0 Å². The van der Waals surface area contributed by atoms with Gasteiger partial charge in [-0.1, -0.05) is 0 Å². The van der Waals surface area contributed by atoms with Gasteiger partial charge in [-0.15, -0.1) is 0 Å². The van der Waals surface area contributed by atoms with E-state index in [-0.39, 0.29) is 24.5 Å². The highest BCUT2D eigenvalue weighted by Crippen LogP contribution is 2.09. The molecule has 18 heavy (non-hydrogen) atoms. The van der Waals surface area contributed by atoms with E-state index in [1.165, 1.54) is 6.26 Å². The van der Waals surface area contributed by atoms with Crippen LogP contribution in [0.15, 0.2) is 16.7 Å². The van der Waals surface area contributed by atoms with Crippen LogP contribution in [0.5, 0.6) is 0 Å². The summed E-state index contributed by atoms with van der Waals surface area (Å²) in [5.41, 5.74) is 0.796. The summed E-state index contributed by atoms with van der Waals surface area (Å²) in [4.78, 5) is 24.6. The van der Waals surface area contributed by atoms with E-state index in [1.54, 1.807) is 18.0 Å². The maximum Gasteiger partial charge on any atom is 0.287 e. The Morgan fingerprint density at radius 2 is 2.39 bits per heavy atom. The lowest BCUT2D eigenvalue weighted by Gasteiger charge is -2.29. The molecule has 1 atom stereocenters. The Morgan fingerprint density at radius 3 is 3.00 bits per heavy atom. The first-order chi connectivity index (χ1) is 8.58. The number of aryl methyl sites for hydroxylation is 1. The fraction of sp³-hybridized carbons (Fsp3) is 0.500. The summed E-state index contributed by atoms with van der Waals surface area (Å²) in [5.74, 6) is 0.00958. The van der Waals surface area contributed by atoms with Gasteiger partial charge >= 0.3 is 0 Å². The molecular weight excluding hydrogens is 236 g/mol. The first-order valence-electron chi connectivity index (χ1n) is 5.76. The highest BCUT2D eigenvalue weighted by atomic mass is 16.5. The predicted octanol–water partition coefficient (Wildman–Crippen LogP) is 0.175. The summed E-state index contributed by atoms with van der Waals surface area (Å²) in [7, 11) is 1.72. The predicted molar refractivity (Wildman–Crippen MR) is 63.2 cm³/mol. The summed E-state index contributed by atoms with van der Waals surface area (Å²) >= 11 is 0. The zero-order valence-corrected chi connectivity index (χ0v) is 10.4. The highest BCUT2D eigenvalue weighted by molar-refractivity contribution is 5.92. The molecule has 0 aromatic carbocycles. The number of nitrogens with zero attached hydrogens (tertiary/aromatic N) is 1. The lowest BCUT2D eigenvalue weighted by Crippen LogP contribution is -2.48. The summed E-state index contributed by atoms with van der Waals surface area (Å²) < 4.78 is 10.4. The SMILES string of the molecule is Cc1ccoc1C(=O)NCC1CN(C)C(=O)CO1. The largest absolute Gasteiger partial charge is 0.459 e. The summed E-state index contributed by atoms with van der Waals surface area (Å²) in [6.45, 7) is 2.71. The van der Waals surface area contributed by atoms with E-state index in [2.05, 4.69) is 5.32 Å². The lowest BCUT2D eigenvalue weighted by molar-refractivity contribution is -0.146. The molecule has 1 unspecified atom stereocenters. The molecule has 1 fully saturated rings. The molecule has 98 valence electrons. The number of amides is 2. The fourth-order valence-electron chi connectivity index (χ4n) is 1.77. The molecule has 0 radical (unpaired) electrons. The number of hydrogen-bond acceptors (Lipinski definition) is 4. The molecule has 2 amide bonds. The van der Waals surface area contributed by atoms with Crippen molar-refractivity contribution in [3.8, 4) is 0 Å². The molecule has 2 rings (SSSR count). The van der Waals surface area contributed by atoms with Gasteiger partial charge in [-0.25, -0.2) is 0 Å². The van der Waals surface area contributed by atoms with Crippen LogP contribution in [0, 0.1) is 6.92 Å². The minimum absolute atomic E-state index is 0.0422. The summed E-state index contributed by atoms with van der Waals surface area (Å²) in [6, 6.07) is 1.73. The molecule has 0 aliphatic carbocycles. The van der Waals surface area contributed by atoms with Crippen LogP contribution in [-0.4, -0.2) is 49.6 Å². The smallest absolute Gasteiger partial charge is 0.287 e. The van der Waals surface area contributed by atoms with Crippen molar-refractivity contribution in [2.75, 3.05) is 26.7 Å². The Bertz CT molecular complexity index is 455. The van der Waals surface area contributed by atoms with E-state index in [9.17, 15) is 9.59 Å². The van der Waals surface area contributed by atoms with E-state index in [1.807, 2.05) is 6.92 Å². The molecule has 1 N–H and O–H groups in total. The Morgan fingerprint density at radius 1 is 1.61 bits per heavy atom. The molecule has 1 aliphatic rings. The molecule has 0 saturated carbocycles. The van der Waals surface area contributed by atoms with Gasteiger partial charge in [0, 0.05) is 25.7 Å². The van der Waals surface area contributed by atoms with E-state index < -0.39 is 0 Å². The Kier molecular flexibility index (Phi) is 3.66. The molecule has 0 bridgehead atoms.